The van der Waals surface area contributed by atoms with Crippen LogP contribution >= 0.6 is 0 Å². The van der Waals surface area contributed by atoms with Crippen LogP contribution in [0, 0.1) is 5.92 Å². The third kappa shape index (κ3) is 6.54. The molecule has 1 rings (SSSR count). The van der Waals surface area contributed by atoms with Gasteiger partial charge in [-0.05, 0) is 46.6 Å². The Kier molecular flexibility index (Phi) is 5.31. The van der Waals surface area contributed by atoms with E-state index in [1.54, 1.807) is 0 Å². The predicted molar refractivity (Wildman–Crippen MR) is 72.7 cm³/mol. The average Bonchev–Trinajstić information content (AvgIpc) is 2.10. The third-order valence-electron chi connectivity index (χ3n) is 2.94. The van der Waals surface area contributed by atoms with Crippen molar-refractivity contribution in [1.29, 1.82) is 0 Å². The number of carbonyl (C=O) groups is 2. The molecule has 6 heteroatoms. The van der Waals surface area contributed by atoms with Crippen LogP contribution in [0.1, 0.15) is 33.6 Å². The summed E-state index contributed by atoms with van der Waals surface area (Å²) in [7, 11) is 1.84. The zero-order chi connectivity index (χ0) is 14.6. The first-order valence-electron chi connectivity index (χ1n) is 6.64. The van der Waals surface area contributed by atoms with Gasteiger partial charge in [0, 0.05) is 12.1 Å². The van der Waals surface area contributed by atoms with E-state index >= 15 is 0 Å². The Labute approximate surface area is 114 Å². The first kappa shape index (κ1) is 15.9. The summed E-state index contributed by atoms with van der Waals surface area (Å²) in [5.74, 6) is 0.139. The normalized spacial score (nSPS) is 22.8. The number of aliphatic hydroxyl groups is 1. The second kappa shape index (κ2) is 6.34. The minimum Gasteiger partial charge on any atom is -0.393 e. The van der Waals surface area contributed by atoms with Crippen molar-refractivity contribution in [1.82, 2.24) is 15.5 Å². The zero-order valence-corrected chi connectivity index (χ0v) is 12.2. The SMILES string of the molecule is CN(CC(=O)NC(=O)NC(C)(C)C)CC1CC(O)C1. The number of hydrogen-bond donors (Lipinski definition) is 3. The van der Waals surface area contributed by atoms with E-state index in [9.17, 15) is 14.7 Å². The summed E-state index contributed by atoms with van der Waals surface area (Å²) in [5.41, 5.74) is -0.363. The summed E-state index contributed by atoms with van der Waals surface area (Å²) >= 11 is 0. The summed E-state index contributed by atoms with van der Waals surface area (Å²) in [6.45, 7) is 6.51. The molecule has 0 aromatic rings. The fourth-order valence-corrected chi connectivity index (χ4v) is 2.14. The summed E-state index contributed by atoms with van der Waals surface area (Å²) < 4.78 is 0. The van der Waals surface area contributed by atoms with E-state index in [1.165, 1.54) is 0 Å². The van der Waals surface area contributed by atoms with Crippen LogP contribution in [0.3, 0.4) is 0 Å². The van der Waals surface area contributed by atoms with Gasteiger partial charge in [0.25, 0.3) is 0 Å². The highest BCUT2D eigenvalue weighted by Crippen LogP contribution is 2.27. The number of nitrogens with zero attached hydrogens (tertiary/aromatic N) is 1. The Morgan fingerprint density at radius 1 is 1.32 bits per heavy atom. The van der Waals surface area contributed by atoms with Gasteiger partial charge < -0.3 is 10.4 Å². The summed E-state index contributed by atoms with van der Waals surface area (Å²) in [6.07, 6.45) is 1.43. The smallest absolute Gasteiger partial charge is 0.321 e. The molecular weight excluding hydrogens is 246 g/mol. The van der Waals surface area contributed by atoms with Gasteiger partial charge >= 0.3 is 6.03 Å². The highest BCUT2D eigenvalue weighted by Gasteiger charge is 2.28. The van der Waals surface area contributed by atoms with Crippen molar-refractivity contribution in [3.63, 3.8) is 0 Å². The Morgan fingerprint density at radius 3 is 2.37 bits per heavy atom. The van der Waals surface area contributed by atoms with Crippen molar-refractivity contribution in [2.24, 2.45) is 5.92 Å². The van der Waals surface area contributed by atoms with E-state index < -0.39 is 6.03 Å². The maximum Gasteiger partial charge on any atom is 0.321 e. The van der Waals surface area contributed by atoms with E-state index in [-0.39, 0.29) is 24.1 Å². The largest absolute Gasteiger partial charge is 0.393 e. The van der Waals surface area contributed by atoms with Crippen molar-refractivity contribution in [2.75, 3.05) is 20.1 Å². The minimum atomic E-state index is -0.468. The first-order valence-corrected chi connectivity index (χ1v) is 6.64. The number of urea groups is 1. The molecular formula is C13H25N3O3. The van der Waals surface area contributed by atoms with Gasteiger partial charge in [0.05, 0.1) is 12.6 Å². The van der Waals surface area contributed by atoms with Gasteiger partial charge in [-0.1, -0.05) is 0 Å². The number of aliphatic hydroxyl groups excluding tert-OH is 1. The average molecular weight is 271 g/mol. The molecule has 19 heavy (non-hydrogen) atoms. The van der Waals surface area contributed by atoms with Crippen LogP contribution in [0.15, 0.2) is 0 Å². The van der Waals surface area contributed by atoms with Crippen LogP contribution in [-0.4, -0.2) is 53.7 Å². The lowest BCUT2D eigenvalue weighted by molar-refractivity contribution is -0.121. The zero-order valence-electron chi connectivity index (χ0n) is 12.2. The number of amides is 3. The fraction of sp³-hybridized carbons (Fsp3) is 0.846. The molecule has 0 unspecified atom stereocenters. The van der Waals surface area contributed by atoms with Crippen LogP contribution in [0.2, 0.25) is 0 Å². The minimum absolute atomic E-state index is 0.176. The Morgan fingerprint density at radius 2 is 1.89 bits per heavy atom. The van der Waals surface area contributed by atoms with E-state index in [4.69, 9.17) is 0 Å². The molecule has 0 aromatic carbocycles. The lowest BCUT2D eigenvalue weighted by atomic mass is 9.82. The molecule has 1 aliphatic rings. The molecule has 1 fully saturated rings. The molecule has 0 spiro atoms. The van der Waals surface area contributed by atoms with E-state index in [0.29, 0.717) is 5.92 Å². The molecule has 1 saturated carbocycles. The highest BCUT2D eigenvalue weighted by molar-refractivity contribution is 5.95. The van der Waals surface area contributed by atoms with Crippen LogP contribution in [0.5, 0.6) is 0 Å². The topological polar surface area (TPSA) is 81.7 Å². The van der Waals surface area contributed by atoms with E-state index in [2.05, 4.69) is 10.6 Å². The second-order valence-electron chi connectivity index (χ2n) is 6.44. The van der Waals surface area contributed by atoms with Crippen LogP contribution < -0.4 is 10.6 Å². The van der Waals surface area contributed by atoms with Gasteiger partial charge in [0.1, 0.15) is 0 Å². The van der Waals surface area contributed by atoms with Crippen molar-refractivity contribution in [2.45, 2.75) is 45.3 Å². The Balaban J connectivity index is 2.21. The highest BCUT2D eigenvalue weighted by atomic mass is 16.3. The third-order valence-corrected chi connectivity index (χ3v) is 2.94. The van der Waals surface area contributed by atoms with Crippen molar-refractivity contribution < 1.29 is 14.7 Å². The molecule has 6 nitrogen and oxygen atoms in total. The Bertz CT molecular complexity index is 333. The predicted octanol–water partition coefficient (Wildman–Crippen LogP) is 0.313. The second-order valence-corrected chi connectivity index (χ2v) is 6.44. The van der Waals surface area contributed by atoms with Crippen LogP contribution in [0.25, 0.3) is 0 Å². The number of hydrogen-bond acceptors (Lipinski definition) is 4. The van der Waals surface area contributed by atoms with E-state index in [1.807, 2.05) is 32.7 Å². The fourth-order valence-electron chi connectivity index (χ4n) is 2.14. The number of likely N-dealkylation sites (N-methyl/N-ethyl adjacent to an activating group) is 1. The molecule has 0 aliphatic heterocycles. The number of imide groups is 1. The molecule has 0 radical (unpaired) electrons. The maximum atomic E-state index is 11.6. The molecule has 110 valence electrons. The lowest BCUT2D eigenvalue weighted by Gasteiger charge is -2.34. The molecule has 3 N–H and O–H groups in total. The quantitative estimate of drug-likeness (QED) is 0.687. The molecule has 0 aromatic heterocycles. The van der Waals surface area contributed by atoms with Crippen LogP contribution in [-0.2, 0) is 4.79 Å². The summed E-state index contributed by atoms with van der Waals surface area (Å²) in [5, 5.41) is 14.2. The van der Waals surface area contributed by atoms with Crippen LogP contribution in [0.4, 0.5) is 4.79 Å². The molecule has 0 saturated heterocycles. The summed E-state index contributed by atoms with van der Waals surface area (Å²) in [6, 6.07) is -0.468. The molecule has 0 atom stereocenters. The van der Waals surface area contributed by atoms with Crippen molar-refractivity contribution in [3.8, 4) is 0 Å². The molecule has 0 heterocycles. The maximum absolute atomic E-state index is 11.6. The first-order chi connectivity index (χ1) is 8.65. The molecule has 3 amide bonds. The standard InChI is InChI=1S/C13H25N3O3/c1-13(2,3)15-12(19)14-11(18)8-16(4)7-9-5-10(17)6-9/h9-10,17H,5-8H2,1-4H3,(H2,14,15,18,19). The Hall–Kier alpha value is -1.14. The van der Waals surface area contributed by atoms with Gasteiger partial charge in [-0.3, -0.25) is 15.0 Å². The molecule has 1 aliphatic carbocycles. The van der Waals surface area contributed by atoms with E-state index in [0.717, 1.165) is 19.4 Å². The van der Waals surface area contributed by atoms with Gasteiger partial charge in [0.2, 0.25) is 5.91 Å². The van der Waals surface area contributed by atoms with Gasteiger partial charge in [0.15, 0.2) is 0 Å². The number of rotatable bonds is 4. The monoisotopic (exact) mass is 271 g/mol. The van der Waals surface area contributed by atoms with Crippen molar-refractivity contribution >= 4 is 11.9 Å². The summed E-state index contributed by atoms with van der Waals surface area (Å²) in [4.78, 5) is 25.0. The number of carbonyl (C=O) groups excluding carboxylic acids is 2. The van der Waals surface area contributed by atoms with Gasteiger partial charge in [-0.25, -0.2) is 4.79 Å². The lowest BCUT2D eigenvalue weighted by Crippen LogP contribution is -2.50. The number of nitrogens with one attached hydrogen (secondary N) is 2. The van der Waals surface area contributed by atoms with Crippen molar-refractivity contribution in [3.05, 3.63) is 0 Å². The molecule has 0 bridgehead atoms. The van der Waals surface area contributed by atoms with Gasteiger partial charge in [-0.2, -0.15) is 0 Å². The van der Waals surface area contributed by atoms with Gasteiger partial charge in [-0.15, -0.1) is 0 Å².